The van der Waals surface area contributed by atoms with Gasteiger partial charge in [0.15, 0.2) is 5.89 Å². The molecule has 1 saturated heterocycles. The maximum absolute atomic E-state index is 12.3. The first-order valence-corrected chi connectivity index (χ1v) is 6.49. The summed E-state index contributed by atoms with van der Waals surface area (Å²) in [7, 11) is 1.97. The molecule has 0 radical (unpaired) electrons. The van der Waals surface area contributed by atoms with E-state index in [9.17, 15) is 4.79 Å². The number of nitrogens with one attached hydrogen (secondary N) is 1. The van der Waals surface area contributed by atoms with Crippen LogP contribution >= 0.6 is 0 Å². The minimum Gasteiger partial charge on any atom is -0.436 e. The molecule has 1 fully saturated rings. The van der Waals surface area contributed by atoms with Gasteiger partial charge in [0, 0.05) is 20.0 Å². The van der Waals surface area contributed by atoms with E-state index in [4.69, 9.17) is 4.42 Å². The minimum atomic E-state index is -0.0176. The van der Waals surface area contributed by atoms with E-state index in [2.05, 4.69) is 10.3 Å². The van der Waals surface area contributed by atoms with Crippen molar-refractivity contribution in [2.45, 2.75) is 26.7 Å². The predicted octanol–water partition coefficient (Wildman–Crippen LogP) is 1.36. The molecule has 2 heterocycles. The van der Waals surface area contributed by atoms with Gasteiger partial charge in [-0.2, -0.15) is 0 Å². The van der Waals surface area contributed by atoms with Crippen molar-refractivity contribution >= 4 is 5.91 Å². The Kier molecular flexibility index (Phi) is 4.01. The summed E-state index contributed by atoms with van der Waals surface area (Å²) < 4.78 is 5.39. The number of carbonyl (C=O) groups excluding carboxylic acids is 1. The van der Waals surface area contributed by atoms with E-state index < -0.39 is 0 Å². The quantitative estimate of drug-likeness (QED) is 0.881. The van der Waals surface area contributed by atoms with Crippen LogP contribution in [-0.2, 0) is 0 Å². The summed E-state index contributed by atoms with van der Waals surface area (Å²) in [5, 5.41) is 3.19. The van der Waals surface area contributed by atoms with Crippen molar-refractivity contribution in [2.24, 2.45) is 5.92 Å². The second-order valence-electron chi connectivity index (χ2n) is 4.94. The highest BCUT2D eigenvalue weighted by atomic mass is 16.4. The van der Waals surface area contributed by atoms with Crippen molar-refractivity contribution in [3.63, 3.8) is 0 Å². The molecule has 1 aliphatic rings. The number of carbonyl (C=O) groups is 1. The van der Waals surface area contributed by atoms with Crippen LogP contribution in [-0.4, -0.2) is 42.5 Å². The Hall–Kier alpha value is -1.36. The van der Waals surface area contributed by atoms with Gasteiger partial charge in [0.25, 0.3) is 5.91 Å². The molecule has 18 heavy (non-hydrogen) atoms. The van der Waals surface area contributed by atoms with Gasteiger partial charge in [0.2, 0.25) is 5.76 Å². The molecule has 0 bridgehead atoms. The fourth-order valence-corrected chi connectivity index (χ4v) is 2.50. The monoisotopic (exact) mass is 251 g/mol. The number of nitrogens with zero attached hydrogens (tertiary/aromatic N) is 2. The highest BCUT2D eigenvalue weighted by Gasteiger charge is 2.26. The number of hydrogen-bond donors (Lipinski definition) is 1. The number of aryl methyl sites for hydroxylation is 2. The molecular weight excluding hydrogens is 230 g/mol. The van der Waals surface area contributed by atoms with Gasteiger partial charge in [-0.15, -0.1) is 0 Å². The van der Waals surface area contributed by atoms with Gasteiger partial charge >= 0.3 is 0 Å². The Morgan fingerprint density at radius 2 is 2.11 bits per heavy atom. The van der Waals surface area contributed by atoms with Gasteiger partial charge in [-0.3, -0.25) is 4.79 Å². The molecule has 0 atom stereocenters. The standard InChI is InChI=1S/C13H21N3O2/c1-9-12(18-10(2)15-9)13(17)16-6-4-11(5-7-16)8-14-3/h11,14H,4-8H2,1-3H3. The van der Waals surface area contributed by atoms with Crippen LogP contribution in [0.1, 0.15) is 35.0 Å². The van der Waals surface area contributed by atoms with Crippen LogP contribution in [0.4, 0.5) is 0 Å². The maximum Gasteiger partial charge on any atom is 0.291 e. The molecular formula is C13H21N3O2. The fourth-order valence-electron chi connectivity index (χ4n) is 2.50. The van der Waals surface area contributed by atoms with Crippen molar-refractivity contribution in [1.82, 2.24) is 15.2 Å². The van der Waals surface area contributed by atoms with Gasteiger partial charge in [-0.05, 0) is 39.3 Å². The lowest BCUT2D eigenvalue weighted by atomic mass is 9.96. The Labute approximate surface area is 108 Å². The van der Waals surface area contributed by atoms with Crippen LogP contribution in [0.5, 0.6) is 0 Å². The lowest BCUT2D eigenvalue weighted by Crippen LogP contribution is -2.40. The van der Waals surface area contributed by atoms with E-state index in [1.54, 1.807) is 6.92 Å². The molecule has 1 aromatic heterocycles. The number of oxazole rings is 1. The summed E-state index contributed by atoms with van der Waals surface area (Å²) in [6.45, 7) is 6.23. The number of likely N-dealkylation sites (tertiary alicyclic amines) is 1. The Morgan fingerprint density at radius 3 is 2.61 bits per heavy atom. The number of amides is 1. The molecule has 0 aromatic carbocycles. The molecule has 0 spiro atoms. The van der Waals surface area contributed by atoms with Crippen LogP contribution < -0.4 is 5.32 Å². The number of hydrogen-bond acceptors (Lipinski definition) is 4. The van der Waals surface area contributed by atoms with Gasteiger partial charge < -0.3 is 14.6 Å². The SMILES string of the molecule is CNCC1CCN(C(=O)c2oc(C)nc2C)CC1. The summed E-state index contributed by atoms with van der Waals surface area (Å²) >= 11 is 0. The topological polar surface area (TPSA) is 58.4 Å². The smallest absolute Gasteiger partial charge is 0.291 e. The van der Waals surface area contributed by atoms with E-state index >= 15 is 0 Å². The lowest BCUT2D eigenvalue weighted by Gasteiger charge is -2.31. The zero-order valence-electron chi connectivity index (χ0n) is 11.3. The minimum absolute atomic E-state index is 0.0176. The summed E-state index contributed by atoms with van der Waals surface area (Å²) in [5.41, 5.74) is 0.690. The molecule has 1 aliphatic heterocycles. The number of rotatable bonds is 3. The maximum atomic E-state index is 12.3. The van der Waals surface area contributed by atoms with E-state index in [0.29, 0.717) is 23.3 Å². The summed E-state index contributed by atoms with van der Waals surface area (Å²) in [6, 6.07) is 0. The van der Waals surface area contributed by atoms with Gasteiger partial charge in [0.1, 0.15) is 0 Å². The first-order valence-electron chi connectivity index (χ1n) is 6.49. The van der Waals surface area contributed by atoms with Crippen molar-refractivity contribution < 1.29 is 9.21 Å². The lowest BCUT2D eigenvalue weighted by molar-refractivity contribution is 0.0656. The number of piperidine rings is 1. The average molecular weight is 251 g/mol. The molecule has 0 unspecified atom stereocenters. The Morgan fingerprint density at radius 1 is 1.44 bits per heavy atom. The third-order valence-electron chi connectivity index (χ3n) is 3.49. The second kappa shape index (κ2) is 5.52. The second-order valence-corrected chi connectivity index (χ2v) is 4.94. The van der Waals surface area contributed by atoms with E-state index in [1.807, 2.05) is 18.9 Å². The summed E-state index contributed by atoms with van der Waals surface area (Å²) in [4.78, 5) is 18.3. The van der Waals surface area contributed by atoms with Crippen LogP contribution in [0.2, 0.25) is 0 Å². The van der Waals surface area contributed by atoms with Crippen LogP contribution in [0.25, 0.3) is 0 Å². The van der Waals surface area contributed by atoms with Gasteiger partial charge in [-0.1, -0.05) is 0 Å². The third-order valence-corrected chi connectivity index (χ3v) is 3.49. The molecule has 1 amide bonds. The van der Waals surface area contributed by atoms with Gasteiger partial charge in [0.05, 0.1) is 5.69 Å². The van der Waals surface area contributed by atoms with Crippen molar-refractivity contribution in [1.29, 1.82) is 0 Å². The first kappa shape index (κ1) is 13.1. The summed E-state index contributed by atoms with van der Waals surface area (Å²) in [5.74, 6) is 1.62. The van der Waals surface area contributed by atoms with Gasteiger partial charge in [-0.25, -0.2) is 4.98 Å². The van der Waals surface area contributed by atoms with Crippen molar-refractivity contribution in [3.05, 3.63) is 17.3 Å². The van der Waals surface area contributed by atoms with E-state index in [1.165, 1.54) is 0 Å². The Bertz CT molecular complexity index is 420. The normalized spacial score (nSPS) is 17.2. The van der Waals surface area contributed by atoms with E-state index in [0.717, 1.165) is 32.5 Å². The highest BCUT2D eigenvalue weighted by molar-refractivity contribution is 5.92. The number of aromatic nitrogens is 1. The first-order chi connectivity index (χ1) is 8.61. The molecule has 0 saturated carbocycles. The summed E-state index contributed by atoms with van der Waals surface area (Å²) in [6.07, 6.45) is 2.11. The molecule has 100 valence electrons. The van der Waals surface area contributed by atoms with Crippen molar-refractivity contribution in [3.8, 4) is 0 Å². The zero-order chi connectivity index (χ0) is 13.1. The van der Waals surface area contributed by atoms with E-state index in [-0.39, 0.29) is 5.91 Å². The van der Waals surface area contributed by atoms with Crippen LogP contribution in [0, 0.1) is 19.8 Å². The van der Waals surface area contributed by atoms with Crippen LogP contribution in [0.3, 0.4) is 0 Å². The molecule has 5 nitrogen and oxygen atoms in total. The molecule has 5 heteroatoms. The van der Waals surface area contributed by atoms with Crippen molar-refractivity contribution in [2.75, 3.05) is 26.7 Å². The average Bonchev–Trinajstić information content (AvgIpc) is 2.69. The molecule has 2 rings (SSSR count). The molecule has 1 aromatic rings. The molecule has 1 N–H and O–H groups in total. The predicted molar refractivity (Wildman–Crippen MR) is 68.5 cm³/mol. The largest absolute Gasteiger partial charge is 0.436 e. The highest BCUT2D eigenvalue weighted by Crippen LogP contribution is 2.20. The van der Waals surface area contributed by atoms with Crippen LogP contribution in [0.15, 0.2) is 4.42 Å². The fraction of sp³-hybridized carbons (Fsp3) is 0.692. The third kappa shape index (κ3) is 2.72. The molecule has 0 aliphatic carbocycles. The Balaban J connectivity index is 1.97. The zero-order valence-corrected chi connectivity index (χ0v) is 11.3.